The van der Waals surface area contributed by atoms with Crippen molar-refractivity contribution in [1.82, 2.24) is 4.90 Å². The van der Waals surface area contributed by atoms with Crippen molar-refractivity contribution in [2.75, 3.05) is 13.1 Å². The van der Waals surface area contributed by atoms with E-state index in [1.807, 2.05) is 0 Å². The standard InChI is InChI=1S/C22H22FNO4/c23-19-10-8-16(9-11-19)21(26)18-2-1-13-24(14-18)20(25)12-5-15-3-6-17(7-4-15)22(27)28/h3-4,6-11,18H,1-2,5,12-14H2,(H,27,28). The summed E-state index contributed by atoms with van der Waals surface area (Å²) in [6.07, 6.45) is 2.31. The Kier molecular flexibility index (Phi) is 6.19. The maximum Gasteiger partial charge on any atom is 0.335 e. The van der Waals surface area contributed by atoms with Crippen molar-refractivity contribution in [3.05, 3.63) is 71.0 Å². The summed E-state index contributed by atoms with van der Waals surface area (Å²) < 4.78 is 13.1. The summed E-state index contributed by atoms with van der Waals surface area (Å²) >= 11 is 0. The number of carboxylic acid groups (broad SMARTS) is 1. The van der Waals surface area contributed by atoms with Gasteiger partial charge in [-0.3, -0.25) is 9.59 Å². The average molecular weight is 383 g/mol. The van der Waals surface area contributed by atoms with Gasteiger partial charge in [-0.25, -0.2) is 9.18 Å². The summed E-state index contributed by atoms with van der Waals surface area (Å²) in [6.45, 7) is 1.01. The van der Waals surface area contributed by atoms with E-state index in [1.165, 1.54) is 36.4 Å². The number of carbonyl (C=O) groups is 3. The van der Waals surface area contributed by atoms with Crippen LogP contribution < -0.4 is 0 Å². The minimum Gasteiger partial charge on any atom is -0.478 e. The first-order valence-electron chi connectivity index (χ1n) is 9.34. The number of likely N-dealkylation sites (tertiary alicyclic amines) is 1. The van der Waals surface area contributed by atoms with E-state index in [4.69, 9.17) is 5.11 Å². The first-order valence-corrected chi connectivity index (χ1v) is 9.34. The first-order chi connectivity index (χ1) is 13.4. The molecule has 0 aromatic heterocycles. The molecule has 0 radical (unpaired) electrons. The summed E-state index contributed by atoms with van der Waals surface area (Å²) in [5.41, 5.74) is 1.58. The third-order valence-electron chi connectivity index (χ3n) is 5.10. The molecule has 1 N–H and O–H groups in total. The maximum absolute atomic E-state index is 13.1. The molecule has 1 unspecified atom stereocenters. The molecule has 0 saturated carbocycles. The zero-order valence-electron chi connectivity index (χ0n) is 15.4. The van der Waals surface area contributed by atoms with Crippen LogP contribution in [0.5, 0.6) is 0 Å². The third-order valence-corrected chi connectivity index (χ3v) is 5.10. The van der Waals surface area contributed by atoms with E-state index in [1.54, 1.807) is 17.0 Å². The van der Waals surface area contributed by atoms with Crippen LogP contribution >= 0.6 is 0 Å². The molecule has 1 heterocycles. The molecule has 1 saturated heterocycles. The van der Waals surface area contributed by atoms with Gasteiger partial charge in [-0.15, -0.1) is 0 Å². The van der Waals surface area contributed by atoms with Crippen molar-refractivity contribution in [2.24, 2.45) is 5.92 Å². The van der Waals surface area contributed by atoms with Crippen molar-refractivity contribution < 1.29 is 23.9 Å². The zero-order valence-corrected chi connectivity index (χ0v) is 15.4. The molecule has 6 heteroatoms. The van der Waals surface area contributed by atoms with E-state index in [0.717, 1.165) is 18.4 Å². The van der Waals surface area contributed by atoms with Gasteiger partial charge in [0.1, 0.15) is 5.82 Å². The van der Waals surface area contributed by atoms with Crippen LogP contribution in [0.1, 0.15) is 45.5 Å². The molecule has 1 amide bonds. The monoisotopic (exact) mass is 383 g/mol. The maximum atomic E-state index is 13.1. The van der Waals surface area contributed by atoms with Gasteiger partial charge in [0, 0.05) is 31.0 Å². The second-order valence-corrected chi connectivity index (χ2v) is 7.05. The Labute approximate surface area is 162 Å². The fraction of sp³-hybridized carbons (Fsp3) is 0.318. The summed E-state index contributed by atoms with van der Waals surface area (Å²) in [5, 5.41) is 8.92. The van der Waals surface area contributed by atoms with Gasteiger partial charge in [-0.2, -0.15) is 0 Å². The quantitative estimate of drug-likeness (QED) is 0.774. The number of carbonyl (C=O) groups excluding carboxylic acids is 2. The number of aromatic carboxylic acids is 1. The predicted molar refractivity (Wildman–Crippen MR) is 102 cm³/mol. The molecule has 2 aromatic carbocycles. The molecular weight excluding hydrogens is 361 g/mol. The number of rotatable bonds is 6. The number of benzene rings is 2. The highest BCUT2D eigenvalue weighted by Crippen LogP contribution is 2.22. The van der Waals surface area contributed by atoms with Crippen LogP contribution in [-0.4, -0.2) is 40.8 Å². The molecule has 3 rings (SSSR count). The summed E-state index contributed by atoms with van der Waals surface area (Å²) in [7, 11) is 0. The van der Waals surface area contributed by atoms with E-state index in [-0.39, 0.29) is 29.0 Å². The van der Waals surface area contributed by atoms with Gasteiger partial charge in [-0.05, 0) is 61.2 Å². The second kappa shape index (κ2) is 8.78. The number of hydrogen-bond acceptors (Lipinski definition) is 3. The lowest BCUT2D eigenvalue weighted by atomic mass is 9.89. The van der Waals surface area contributed by atoms with Crippen LogP contribution in [0, 0.1) is 11.7 Å². The Morgan fingerprint density at radius 3 is 2.29 bits per heavy atom. The number of halogens is 1. The fourth-order valence-corrected chi connectivity index (χ4v) is 3.49. The molecule has 146 valence electrons. The van der Waals surface area contributed by atoms with Crippen LogP contribution in [-0.2, 0) is 11.2 Å². The molecule has 1 atom stereocenters. The number of carboxylic acids is 1. The Balaban J connectivity index is 1.55. The smallest absolute Gasteiger partial charge is 0.335 e. The van der Waals surface area contributed by atoms with Crippen LogP contribution in [0.15, 0.2) is 48.5 Å². The van der Waals surface area contributed by atoms with Crippen LogP contribution in [0.2, 0.25) is 0 Å². The van der Waals surface area contributed by atoms with Crippen molar-refractivity contribution in [3.8, 4) is 0 Å². The summed E-state index contributed by atoms with van der Waals surface area (Å²) in [4.78, 5) is 37.8. The lowest BCUT2D eigenvalue weighted by Gasteiger charge is -2.32. The molecule has 1 aliphatic heterocycles. The van der Waals surface area contributed by atoms with Crippen molar-refractivity contribution in [1.29, 1.82) is 0 Å². The van der Waals surface area contributed by atoms with Gasteiger partial charge in [0.15, 0.2) is 5.78 Å². The van der Waals surface area contributed by atoms with Gasteiger partial charge >= 0.3 is 5.97 Å². The normalized spacial score (nSPS) is 16.6. The summed E-state index contributed by atoms with van der Waals surface area (Å²) in [6, 6.07) is 12.0. The van der Waals surface area contributed by atoms with Gasteiger partial charge in [0.25, 0.3) is 0 Å². The first kappa shape index (κ1) is 19.7. The second-order valence-electron chi connectivity index (χ2n) is 7.05. The van der Waals surface area contributed by atoms with E-state index < -0.39 is 5.97 Å². The Hall–Kier alpha value is -3.02. The highest BCUT2D eigenvalue weighted by atomic mass is 19.1. The lowest BCUT2D eigenvalue weighted by molar-refractivity contribution is -0.132. The number of aryl methyl sites for hydroxylation is 1. The largest absolute Gasteiger partial charge is 0.478 e. The molecule has 5 nitrogen and oxygen atoms in total. The lowest BCUT2D eigenvalue weighted by Crippen LogP contribution is -2.42. The number of amides is 1. The Bertz CT molecular complexity index is 861. The van der Waals surface area contributed by atoms with Gasteiger partial charge in [0.05, 0.1) is 5.56 Å². The van der Waals surface area contributed by atoms with Crippen molar-refractivity contribution >= 4 is 17.7 Å². The van der Waals surface area contributed by atoms with E-state index in [0.29, 0.717) is 31.5 Å². The third kappa shape index (κ3) is 4.82. The Morgan fingerprint density at radius 2 is 1.64 bits per heavy atom. The highest BCUT2D eigenvalue weighted by Gasteiger charge is 2.28. The van der Waals surface area contributed by atoms with Crippen molar-refractivity contribution in [3.63, 3.8) is 0 Å². The summed E-state index contributed by atoms with van der Waals surface area (Å²) in [5.74, 6) is -1.69. The van der Waals surface area contributed by atoms with Crippen LogP contribution in [0.3, 0.4) is 0 Å². The predicted octanol–water partition coefficient (Wildman–Crippen LogP) is 3.58. The Morgan fingerprint density at radius 1 is 1.00 bits per heavy atom. The van der Waals surface area contributed by atoms with Gasteiger partial charge in [-0.1, -0.05) is 12.1 Å². The average Bonchev–Trinajstić information content (AvgIpc) is 2.72. The highest BCUT2D eigenvalue weighted by molar-refractivity contribution is 5.98. The molecule has 28 heavy (non-hydrogen) atoms. The minimum atomic E-state index is -0.979. The SMILES string of the molecule is O=C(O)c1ccc(CCC(=O)N2CCCC(C(=O)c3ccc(F)cc3)C2)cc1. The molecule has 1 fully saturated rings. The number of nitrogens with zero attached hydrogens (tertiary/aromatic N) is 1. The zero-order chi connectivity index (χ0) is 20.1. The number of piperidine rings is 1. The molecular formula is C22H22FNO4. The molecule has 0 bridgehead atoms. The molecule has 0 spiro atoms. The number of Topliss-reactive ketones (excluding diaryl/α,β-unsaturated/α-hetero) is 1. The number of hydrogen-bond donors (Lipinski definition) is 1. The topological polar surface area (TPSA) is 74.7 Å². The van der Waals surface area contributed by atoms with Gasteiger partial charge in [0.2, 0.25) is 5.91 Å². The van der Waals surface area contributed by atoms with Gasteiger partial charge < -0.3 is 10.0 Å². The van der Waals surface area contributed by atoms with Crippen LogP contribution in [0.25, 0.3) is 0 Å². The molecule has 0 aliphatic carbocycles. The number of ketones is 1. The van der Waals surface area contributed by atoms with Crippen molar-refractivity contribution in [2.45, 2.75) is 25.7 Å². The minimum absolute atomic E-state index is 0.0149. The fourth-order valence-electron chi connectivity index (χ4n) is 3.49. The van der Waals surface area contributed by atoms with E-state index >= 15 is 0 Å². The van der Waals surface area contributed by atoms with E-state index in [2.05, 4.69) is 0 Å². The van der Waals surface area contributed by atoms with E-state index in [9.17, 15) is 18.8 Å². The molecule has 1 aliphatic rings. The van der Waals surface area contributed by atoms with Crippen LogP contribution in [0.4, 0.5) is 4.39 Å². The molecule has 2 aromatic rings.